The van der Waals surface area contributed by atoms with Crippen molar-refractivity contribution in [1.82, 2.24) is 9.88 Å². The number of carbonyl (C=O) groups excluding carboxylic acids is 3. The van der Waals surface area contributed by atoms with Crippen LogP contribution in [0.5, 0.6) is 0 Å². The van der Waals surface area contributed by atoms with Crippen LogP contribution >= 0.6 is 11.6 Å². The third-order valence-corrected chi connectivity index (χ3v) is 5.97. The summed E-state index contributed by atoms with van der Waals surface area (Å²) in [6, 6.07) is 13.2. The second-order valence-electron chi connectivity index (χ2n) is 7.49. The lowest BCUT2D eigenvalue weighted by atomic mass is 9.87. The van der Waals surface area contributed by atoms with Gasteiger partial charge in [-0.3, -0.25) is 4.79 Å². The number of H-pyrrole nitrogens is 1. The van der Waals surface area contributed by atoms with E-state index in [1.807, 2.05) is 24.3 Å². The van der Waals surface area contributed by atoms with Gasteiger partial charge in [-0.1, -0.05) is 30.3 Å². The SMILES string of the molecule is CCOC(=O)c1ccc([C@H]2c3[nH]c4ccccc4c3C[C@H](C(=O)OC)N2C(=O)CCl)cc1. The molecule has 2 heterocycles. The molecule has 1 N–H and O–H groups in total. The van der Waals surface area contributed by atoms with Gasteiger partial charge in [0.25, 0.3) is 0 Å². The van der Waals surface area contributed by atoms with Crippen molar-refractivity contribution >= 4 is 40.3 Å². The van der Waals surface area contributed by atoms with Crippen LogP contribution in [0.15, 0.2) is 48.5 Å². The van der Waals surface area contributed by atoms with Gasteiger partial charge in [-0.2, -0.15) is 0 Å². The first-order valence-corrected chi connectivity index (χ1v) is 10.8. The second kappa shape index (κ2) is 9.04. The van der Waals surface area contributed by atoms with Crippen LogP contribution < -0.4 is 0 Å². The molecule has 1 amide bonds. The minimum absolute atomic E-state index is 0.277. The van der Waals surface area contributed by atoms with E-state index < -0.39 is 24.0 Å². The van der Waals surface area contributed by atoms with E-state index in [1.54, 1.807) is 31.2 Å². The number of amides is 1. The lowest BCUT2D eigenvalue weighted by molar-refractivity contribution is -0.154. The Morgan fingerprint density at radius 2 is 1.84 bits per heavy atom. The van der Waals surface area contributed by atoms with Crippen LogP contribution in [0.2, 0.25) is 0 Å². The lowest BCUT2D eigenvalue weighted by Gasteiger charge is -2.40. The number of ether oxygens (including phenoxy) is 2. The predicted molar refractivity (Wildman–Crippen MR) is 120 cm³/mol. The van der Waals surface area contributed by atoms with Crippen LogP contribution in [-0.4, -0.2) is 53.4 Å². The second-order valence-corrected chi connectivity index (χ2v) is 7.75. The average molecular weight is 455 g/mol. The standard InChI is InChI=1S/C24H23ClN2O5/c1-3-32-23(29)15-10-8-14(9-11-15)22-21-17(16-6-4-5-7-18(16)26-21)12-19(24(30)31-2)27(22)20(28)13-25/h4-11,19,22,26H,3,12-13H2,1-2H3/t19-,22+/m1/s1. The molecule has 4 rings (SSSR count). The van der Waals surface area contributed by atoms with E-state index in [0.717, 1.165) is 27.7 Å². The van der Waals surface area contributed by atoms with E-state index in [2.05, 4.69) is 4.98 Å². The summed E-state index contributed by atoms with van der Waals surface area (Å²) in [4.78, 5) is 42.7. The number of benzene rings is 2. The van der Waals surface area contributed by atoms with Gasteiger partial charge in [-0.25, -0.2) is 9.59 Å². The van der Waals surface area contributed by atoms with Crippen molar-refractivity contribution < 1.29 is 23.9 Å². The molecule has 0 saturated heterocycles. The number of aromatic amines is 1. The Hall–Kier alpha value is -3.32. The first kappa shape index (κ1) is 21.9. The third kappa shape index (κ3) is 3.73. The summed E-state index contributed by atoms with van der Waals surface area (Å²) in [6.45, 7) is 2.02. The van der Waals surface area contributed by atoms with Gasteiger partial charge in [0.05, 0.1) is 25.3 Å². The van der Waals surface area contributed by atoms with E-state index in [9.17, 15) is 14.4 Å². The first-order chi connectivity index (χ1) is 15.5. The summed E-state index contributed by atoms with van der Waals surface area (Å²) >= 11 is 5.94. The topological polar surface area (TPSA) is 88.7 Å². The third-order valence-electron chi connectivity index (χ3n) is 5.74. The number of rotatable bonds is 5. The van der Waals surface area contributed by atoms with Crippen molar-refractivity contribution in [1.29, 1.82) is 0 Å². The number of aromatic nitrogens is 1. The van der Waals surface area contributed by atoms with Crippen LogP contribution in [0.25, 0.3) is 10.9 Å². The van der Waals surface area contributed by atoms with Gasteiger partial charge in [0.15, 0.2) is 0 Å². The molecule has 0 saturated carbocycles. The van der Waals surface area contributed by atoms with E-state index >= 15 is 0 Å². The normalized spacial score (nSPS) is 17.7. The Morgan fingerprint density at radius 1 is 1.12 bits per heavy atom. The monoisotopic (exact) mass is 454 g/mol. The fraction of sp³-hybridized carbons (Fsp3) is 0.292. The Kier molecular flexibility index (Phi) is 6.19. The molecule has 8 heteroatoms. The minimum atomic E-state index is -0.826. The van der Waals surface area contributed by atoms with Crippen LogP contribution in [-0.2, 0) is 25.5 Å². The fourth-order valence-corrected chi connectivity index (χ4v) is 4.49. The van der Waals surface area contributed by atoms with E-state index in [-0.39, 0.29) is 18.4 Å². The molecule has 0 radical (unpaired) electrons. The number of nitrogens with zero attached hydrogens (tertiary/aromatic N) is 1. The summed E-state index contributed by atoms with van der Waals surface area (Å²) in [5.41, 5.74) is 3.82. The molecular formula is C24H23ClN2O5. The Balaban J connectivity index is 1.89. The number of carbonyl (C=O) groups is 3. The number of alkyl halides is 1. The Bertz CT molecular complexity index is 1170. The Labute approximate surface area is 190 Å². The first-order valence-electron chi connectivity index (χ1n) is 10.3. The van der Waals surface area contributed by atoms with Gasteiger partial charge in [0.1, 0.15) is 11.9 Å². The predicted octanol–water partition coefficient (Wildman–Crippen LogP) is 3.60. The maximum absolute atomic E-state index is 13.0. The van der Waals surface area contributed by atoms with Crippen LogP contribution in [0.1, 0.15) is 40.1 Å². The molecule has 32 heavy (non-hydrogen) atoms. The summed E-state index contributed by atoms with van der Waals surface area (Å²) < 4.78 is 10.1. The average Bonchev–Trinajstić information content (AvgIpc) is 3.20. The van der Waals surface area contributed by atoms with Crippen molar-refractivity contribution in [2.45, 2.75) is 25.4 Å². The molecule has 0 aliphatic carbocycles. The number of methoxy groups -OCH3 is 1. The maximum atomic E-state index is 13.0. The quantitative estimate of drug-likeness (QED) is 0.470. The van der Waals surface area contributed by atoms with E-state index in [4.69, 9.17) is 21.1 Å². The van der Waals surface area contributed by atoms with Gasteiger partial charge in [-0.05, 0) is 36.2 Å². The smallest absolute Gasteiger partial charge is 0.338 e. The maximum Gasteiger partial charge on any atom is 0.338 e. The zero-order valence-electron chi connectivity index (χ0n) is 17.8. The molecule has 2 atom stereocenters. The number of para-hydroxylation sites is 1. The molecule has 7 nitrogen and oxygen atoms in total. The van der Waals surface area contributed by atoms with Gasteiger partial charge in [0, 0.05) is 23.0 Å². The number of nitrogens with one attached hydrogen (secondary N) is 1. The highest BCUT2D eigenvalue weighted by Crippen LogP contribution is 2.41. The number of halogens is 1. The Morgan fingerprint density at radius 3 is 2.50 bits per heavy atom. The van der Waals surface area contributed by atoms with E-state index in [0.29, 0.717) is 12.0 Å². The largest absolute Gasteiger partial charge is 0.467 e. The van der Waals surface area contributed by atoms with Gasteiger partial charge in [-0.15, -0.1) is 11.6 Å². The fourth-order valence-electron chi connectivity index (χ4n) is 4.35. The number of fused-ring (bicyclic) bond motifs is 3. The molecule has 1 aromatic heterocycles. The van der Waals surface area contributed by atoms with Gasteiger partial charge in [0.2, 0.25) is 5.91 Å². The zero-order valence-corrected chi connectivity index (χ0v) is 18.5. The molecule has 0 unspecified atom stereocenters. The molecule has 166 valence electrons. The summed E-state index contributed by atoms with van der Waals surface area (Å²) in [5.74, 6) is -1.59. The molecular weight excluding hydrogens is 432 g/mol. The van der Waals surface area contributed by atoms with Gasteiger partial charge >= 0.3 is 11.9 Å². The molecule has 0 spiro atoms. The van der Waals surface area contributed by atoms with E-state index in [1.165, 1.54) is 12.0 Å². The lowest BCUT2D eigenvalue weighted by Crippen LogP contribution is -2.52. The van der Waals surface area contributed by atoms with Crippen molar-refractivity contribution in [3.05, 3.63) is 70.9 Å². The number of hydrogen-bond donors (Lipinski definition) is 1. The van der Waals surface area contributed by atoms with Crippen molar-refractivity contribution in [3.8, 4) is 0 Å². The van der Waals surface area contributed by atoms with Crippen LogP contribution in [0.3, 0.4) is 0 Å². The van der Waals surface area contributed by atoms with Crippen LogP contribution in [0.4, 0.5) is 0 Å². The number of hydrogen-bond acceptors (Lipinski definition) is 5. The van der Waals surface area contributed by atoms with Crippen molar-refractivity contribution in [3.63, 3.8) is 0 Å². The van der Waals surface area contributed by atoms with Crippen molar-refractivity contribution in [2.75, 3.05) is 19.6 Å². The molecule has 3 aromatic rings. The molecule has 2 aromatic carbocycles. The summed E-state index contributed by atoms with van der Waals surface area (Å²) in [7, 11) is 1.31. The summed E-state index contributed by atoms with van der Waals surface area (Å²) in [6.07, 6.45) is 0.312. The molecule has 0 fully saturated rings. The van der Waals surface area contributed by atoms with Crippen LogP contribution in [0, 0.1) is 0 Å². The zero-order chi connectivity index (χ0) is 22.8. The highest BCUT2D eigenvalue weighted by molar-refractivity contribution is 6.27. The highest BCUT2D eigenvalue weighted by atomic mass is 35.5. The number of esters is 2. The molecule has 0 bridgehead atoms. The minimum Gasteiger partial charge on any atom is -0.467 e. The molecule has 1 aliphatic rings. The van der Waals surface area contributed by atoms with Gasteiger partial charge < -0.3 is 19.4 Å². The molecule has 1 aliphatic heterocycles. The highest BCUT2D eigenvalue weighted by Gasteiger charge is 2.43. The summed E-state index contributed by atoms with van der Waals surface area (Å²) in [5, 5.41) is 0.988. The van der Waals surface area contributed by atoms with Crippen molar-refractivity contribution in [2.24, 2.45) is 0 Å².